The summed E-state index contributed by atoms with van der Waals surface area (Å²) < 4.78 is 26.9. The average molecular weight is 349 g/mol. The lowest BCUT2D eigenvalue weighted by atomic mass is 10.3. The lowest BCUT2D eigenvalue weighted by Crippen LogP contribution is -2.35. The maximum atomic E-state index is 10.2. The van der Waals surface area contributed by atoms with Crippen molar-refractivity contribution in [3.8, 4) is 0 Å². The van der Waals surface area contributed by atoms with Crippen LogP contribution in [-0.4, -0.2) is 64.1 Å². The van der Waals surface area contributed by atoms with Crippen LogP contribution in [0.4, 0.5) is 9.05 Å². The third-order valence-corrected chi connectivity index (χ3v) is 2.52. The van der Waals surface area contributed by atoms with Gasteiger partial charge in [-0.2, -0.15) is 0 Å². The van der Waals surface area contributed by atoms with E-state index in [0.717, 1.165) is 11.0 Å². The molecule has 1 aromatic heterocycles. The molecule has 0 aliphatic rings. The van der Waals surface area contributed by atoms with Crippen molar-refractivity contribution in [1.82, 2.24) is 25.0 Å². The van der Waals surface area contributed by atoms with E-state index in [2.05, 4.69) is 10.3 Å². The monoisotopic (exact) mass is 349 g/mol. The Balaban J connectivity index is 0.000000379. The van der Waals surface area contributed by atoms with E-state index in [-0.39, 0.29) is 0 Å². The molecule has 2 amide bonds. The van der Waals surface area contributed by atoms with Crippen LogP contribution in [0.5, 0.6) is 0 Å². The van der Waals surface area contributed by atoms with E-state index in [1.54, 1.807) is 0 Å². The Morgan fingerprint density at radius 3 is 2.35 bits per heavy atom. The van der Waals surface area contributed by atoms with Gasteiger partial charge in [0.25, 0.3) is 0 Å². The molecule has 0 radical (unpaired) electrons. The van der Waals surface area contributed by atoms with E-state index in [0.29, 0.717) is 6.03 Å². The fraction of sp³-hybridized carbons (Fsp3) is 0.364. The topological polar surface area (TPSA) is 118 Å². The van der Waals surface area contributed by atoms with Crippen molar-refractivity contribution in [3.63, 3.8) is 0 Å². The number of para-hydroxylation sites is 1. The molecule has 10 nitrogen and oxygen atoms in total. The summed E-state index contributed by atoms with van der Waals surface area (Å²) in [5, 5.41) is 8.00. The summed E-state index contributed by atoms with van der Waals surface area (Å²) in [6.07, 6.45) is 0. The van der Waals surface area contributed by atoms with Gasteiger partial charge in [-0.1, -0.05) is 12.1 Å². The quantitative estimate of drug-likeness (QED) is 0.616. The molecule has 2 aromatic rings. The molecule has 128 valence electrons. The molecule has 1 unspecified atom stereocenters. The smallest absolute Gasteiger partial charge is 0.554 e. The van der Waals surface area contributed by atoms with Gasteiger partial charge in [-0.25, -0.2) is 0 Å². The fourth-order valence-electron chi connectivity index (χ4n) is 1.56. The number of benzene rings is 1. The van der Waals surface area contributed by atoms with Crippen molar-refractivity contribution >= 4 is 24.9 Å². The molecule has 23 heavy (non-hydrogen) atoms. The molecule has 1 N–H and O–H groups in total. The summed E-state index contributed by atoms with van der Waals surface area (Å²) in [6.45, 7) is 0. The van der Waals surface area contributed by atoms with Gasteiger partial charge in [0.2, 0.25) is 0 Å². The minimum absolute atomic E-state index is 0.681. The van der Waals surface area contributed by atoms with Crippen molar-refractivity contribution < 1.29 is 28.1 Å². The first kappa shape index (κ1) is 19.0. The first-order chi connectivity index (χ1) is 10.7. The summed E-state index contributed by atoms with van der Waals surface area (Å²) in [7, 11) is 2.58. The number of halogens is 1. The Labute approximate surface area is 131 Å². The van der Waals surface area contributed by atoms with Gasteiger partial charge in [0.1, 0.15) is 10.4 Å². The number of nitrogens with zero attached hydrogens (tertiary/aromatic N) is 5. The molecule has 1 aromatic carbocycles. The Hall–Kier alpha value is -2.07. The number of rotatable bonds is 2. The van der Waals surface area contributed by atoms with Gasteiger partial charge in [0.05, 0.1) is 0 Å². The largest absolute Gasteiger partial charge is 0.754 e. The molecule has 0 bridgehead atoms. The first-order valence-electron chi connectivity index (χ1n) is 6.20. The summed E-state index contributed by atoms with van der Waals surface area (Å²) in [6, 6.07) is 8.34. The van der Waals surface area contributed by atoms with E-state index in [1.807, 2.05) is 67.0 Å². The van der Waals surface area contributed by atoms with Gasteiger partial charge >= 0.3 is 13.9 Å². The third-order valence-electron chi connectivity index (χ3n) is 2.34. The van der Waals surface area contributed by atoms with E-state index in [9.17, 15) is 4.53 Å². The van der Waals surface area contributed by atoms with Crippen LogP contribution in [0, 0.1) is 0 Å². The lowest BCUT2D eigenvalue weighted by molar-refractivity contribution is -0.248. The zero-order valence-corrected chi connectivity index (χ0v) is 13.8. The van der Waals surface area contributed by atoms with Gasteiger partial charge in [-0.15, -0.1) is 9.83 Å². The maximum Gasteiger partial charge on any atom is 0.554 e. The summed E-state index contributed by atoms with van der Waals surface area (Å²) >= 11 is 0. The molecule has 0 saturated carbocycles. The molecule has 1 heterocycles. The van der Waals surface area contributed by atoms with Crippen LogP contribution in [0.15, 0.2) is 24.3 Å². The molecule has 0 saturated heterocycles. The highest BCUT2D eigenvalue weighted by Crippen LogP contribution is 2.29. The van der Waals surface area contributed by atoms with Gasteiger partial charge in [0, 0.05) is 33.4 Å². The second kappa shape index (κ2) is 7.97. The van der Waals surface area contributed by atoms with Crippen LogP contribution in [0.25, 0.3) is 11.0 Å². The molecule has 0 aliphatic heterocycles. The second-order valence-corrected chi connectivity index (χ2v) is 5.73. The van der Waals surface area contributed by atoms with Crippen LogP contribution in [-0.2, 0) is 9.29 Å². The molecule has 12 heteroatoms. The second-order valence-electron chi connectivity index (χ2n) is 4.65. The van der Waals surface area contributed by atoms with E-state index >= 15 is 0 Å². The summed E-state index contributed by atoms with van der Waals surface area (Å²) in [4.78, 5) is 21.4. The van der Waals surface area contributed by atoms with E-state index < -0.39 is 7.82 Å². The van der Waals surface area contributed by atoms with Crippen molar-refractivity contribution in [2.45, 2.75) is 0 Å². The van der Waals surface area contributed by atoms with Crippen LogP contribution in [0.2, 0.25) is 0 Å². The number of hydrogen-bond donors (Lipinski definition) is 1. The normalized spacial score (nSPS) is 12.8. The number of urea groups is 1. The highest BCUT2D eigenvalue weighted by Gasteiger charge is 2.22. The highest BCUT2D eigenvalue weighted by molar-refractivity contribution is 7.44. The van der Waals surface area contributed by atoms with Crippen molar-refractivity contribution in [2.75, 3.05) is 28.2 Å². The van der Waals surface area contributed by atoms with Crippen molar-refractivity contribution in [3.05, 3.63) is 24.3 Å². The Morgan fingerprint density at radius 2 is 1.87 bits per heavy atom. The fourth-order valence-corrected chi connectivity index (χ4v) is 1.56. The minimum atomic E-state index is -5.06. The maximum absolute atomic E-state index is 10.2. The number of fused-ring (bicyclic) bond motifs is 1. The highest BCUT2D eigenvalue weighted by atomic mass is 31.2. The number of hydrogen-bond acceptors (Lipinski definition) is 5. The number of carbonyl (C=O) groups excluding carboxylic acids is 1. The van der Waals surface area contributed by atoms with Gasteiger partial charge in [0.15, 0.2) is 5.52 Å². The molecular formula is C11H17FN5O5P. The molecule has 0 fully saturated rings. The van der Waals surface area contributed by atoms with Gasteiger partial charge in [-0.05, 0) is 21.2 Å². The summed E-state index contributed by atoms with van der Waals surface area (Å²) in [5.74, 6) is 0. The number of phosphoric acid groups is 1. The van der Waals surface area contributed by atoms with E-state index in [1.165, 1.54) is 4.85 Å². The zero-order chi connectivity index (χ0) is 17.6. The predicted octanol–water partition coefficient (Wildman–Crippen LogP) is 0.321. The van der Waals surface area contributed by atoms with Crippen molar-refractivity contribution in [2.24, 2.45) is 0 Å². The number of aromatic nitrogens is 3. The molecule has 0 aliphatic carbocycles. The van der Waals surface area contributed by atoms with Crippen LogP contribution in [0.3, 0.4) is 0 Å². The van der Waals surface area contributed by atoms with E-state index in [4.69, 9.17) is 18.9 Å². The van der Waals surface area contributed by atoms with Gasteiger partial charge in [-0.3, -0.25) is 14.4 Å². The summed E-state index contributed by atoms with van der Waals surface area (Å²) in [5.41, 5.74) is 1.65. The zero-order valence-electron chi connectivity index (χ0n) is 13.0. The standard InChI is InChI=1S/C11H16N5O.FH2O4P/c1-14(2)11(15(3)4)17-16-10-8-6-5-7-9(10)12-13-16;1-5-6(2,3)4/h5-8H,1-4H3;(H2,2,3,4)/q+1;/p-1. The predicted molar refractivity (Wildman–Crippen MR) is 77.7 cm³/mol. The minimum Gasteiger partial charge on any atom is -0.754 e. The molecule has 0 spiro atoms. The van der Waals surface area contributed by atoms with Crippen LogP contribution < -0.4 is 4.89 Å². The van der Waals surface area contributed by atoms with Crippen LogP contribution >= 0.6 is 7.82 Å². The Kier molecular flexibility index (Phi) is 6.58. The Bertz CT molecular complexity index is 704. The number of amides is 2. The molecule has 2 rings (SSSR count). The molecular weight excluding hydrogens is 332 g/mol. The first-order valence-corrected chi connectivity index (χ1v) is 7.69. The van der Waals surface area contributed by atoms with Crippen LogP contribution in [0.1, 0.15) is 0 Å². The SMILES string of the molecule is CN(C)C(=[O+]n1nnc2ccccc21)N(C)C.O=P([O-])(O)OF. The average Bonchev–Trinajstić information content (AvgIpc) is 2.87. The van der Waals surface area contributed by atoms with Crippen molar-refractivity contribution in [1.29, 1.82) is 0 Å². The Morgan fingerprint density at radius 1 is 1.35 bits per heavy atom. The third kappa shape index (κ3) is 5.91. The lowest BCUT2D eigenvalue weighted by Gasteiger charge is -2.10. The van der Waals surface area contributed by atoms with Gasteiger partial charge < -0.3 is 9.79 Å². The molecule has 1 atom stereocenters.